The SMILES string of the molecule is O=C(O)c1nccc(=O)n1Br. The fourth-order valence-electron chi connectivity index (χ4n) is 0.531. The van der Waals surface area contributed by atoms with Crippen molar-refractivity contribution in [2.24, 2.45) is 0 Å². The van der Waals surface area contributed by atoms with Gasteiger partial charge in [0.05, 0.1) is 16.1 Å². The summed E-state index contributed by atoms with van der Waals surface area (Å²) in [6.45, 7) is 0. The maximum absolute atomic E-state index is 10.8. The molecule has 0 bridgehead atoms. The first-order valence-electron chi connectivity index (χ1n) is 2.60. The molecule has 0 aliphatic heterocycles. The summed E-state index contributed by atoms with van der Waals surface area (Å²) in [5, 5.41) is 8.44. The van der Waals surface area contributed by atoms with Crippen LogP contribution in [0.1, 0.15) is 10.6 Å². The monoisotopic (exact) mass is 218 g/mol. The largest absolute Gasteiger partial charge is 0.475 e. The summed E-state index contributed by atoms with van der Waals surface area (Å²) in [7, 11) is 0. The van der Waals surface area contributed by atoms with E-state index in [9.17, 15) is 9.59 Å². The van der Waals surface area contributed by atoms with Gasteiger partial charge in [0.1, 0.15) is 0 Å². The summed E-state index contributed by atoms with van der Waals surface area (Å²) in [4.78, 5) is 24.5. The second kappa shape index (κ2) is 2.83. The maximum Gasteiger partial charge on any atom is 0.373 e. The number of aromatic nitrogens is 2. The van der Waals surface area contributed by atoms with Gasteiger partial charge < -0.3 is 5.11 Å². The third kappa shape index (κ3) is 1.45. The van der Waals surface area contributed by atoms with Crippen molar-refractivity contribution in [2.75, 3.05) is 0 Å². The van der Waals surface area contributed by atoms with Gasteiger partial charge in [-0.05, 0) is 0 Å². The fourth-order valence-corrected chi connectivity index (χ4v) is 0.893. The third-order valence-electron chi connectivity index (χ3n) is 0.985. The van der Waals surface area contributed by atoms with Crippen LogP contribution < -0.4 is 5.56 Å². The molecule has 0 aromatic carbocycles. The Kier molecular flexibility index (Phi) is 2.04. The van der Waals surface area contributed by atoms with Gasteiger partial charge in [-0.2, -0.15) is 0 Å². The summed E-state index contributed by atoms with van der Waals surface area (Å²) in [5.41, 5.74) is -0.461. The second-order valence-corrected chi connectivity index (χ2v) is 2.40. The van der Waals surface area contributed by atoms with E-state index in [1.54, 1.807) is 0 Å². The fraction of sp³-hybridized carbons (Fsp3) is 0. The maximum atomic E-state index is 10.8. The van der Waals surface area contributed by atoms with Gasteiger partial charge in [-0.15, -0.1) is 0 Å². The highest BCUT2D eigenvalue weighted by molar-refractivity contribution is 9.08. The van der Waals surface area contributed by atoms with Crippen LogP contribution in [0.15, 0.2) is 17.1 Å². The standard InChI is InChI=1S/C5H3BrN2O3/c6-8-3(9)1-2-7-4(8)5(10)11/h1-2H,(H,10,11). The quantitative estimate of drug-likeness (QED) is 0.726. The van der Waals surface area contributed by atoms with Crippen molar-refractivity contribution >= 4 is 22.1 Å². The van der Waals surface area contributed by atoms with Crippen molar-refractivity contribution in [3.63, 3.8) is 0 Å². The number of rotatable bonds is 1. The zero-order valence-electron chi connectivity index (χ0n) is 5.19. The van der Waals surface area contributed by atoms with Gasteiger partial charge in [-0.3, -0.25) is 4.79 Å². The van der Waals surface area contributed by atoms with Gasteiger partial charge >= 0.3 is 5.97 Å². The number of hydrogen-bond acceptors (Lipinski definition) is 3. The average Bonchev–Trinajstić information content (AvgIpc) is 1.94. The van der Waals surface area contributed by atoms with Gasteiger partial charge in [0.25, 0.3) is 5.56 Å². The summed E-state index contributed by atoms with van der Waals surface area (Å²) in [5.74, 6) is -1.59. The van der Waals surface area contributed by atoms with Crippen molar-refractivity contribution in [1.82, 2.24) is 8.58 Å². The Hall–Kier alpha value is -1.17. The minimum absolute atomic E-state index is 0.336. The first-order valence-corrected chi connectivity index (χ1v) is 3.31. The van der Waals surface area contributed by atoms with Crippen LogP contribution in [0.4, 0.5) is 0 Å². The topological polar surface area (TPSA) is 72.2 Å². The zero-order valence-corrected chi connectivity index (χ0v) is 6.78. The molecule has 0 aliphatic rings. The van der Waals surface area contributed by atoms with Crippen LogP contribution in [0.25, 0.3) is 0 Å². The Balaban J connectivity index is 3.39. The molecule has 1 aromatic heterocycles. The van der Waals surface area contributed by atoms with Gasteiger partial charge in [-0.25, -0.2) is 13.4 Å². The van der Waals surface area contributed by atoms with E-state index in [0.717, 1.165) is 15.9 Å². The summed E-state index contributed by atoms with van der Waals surface area (Å²) in [6, 6.07) is 1.15. The predicted octanol–water partition coefficient (Wildman–Crippen LogP) is 0.0995. The van der Waals surface area contributed by atoms with Gasteiger partial charge in [0.15, 0.2) is 0 Å². The molecule has 0 saturated heterocycles. The third-order valence-corrected chi connectivity index (χ3v) is 1.67. The Morgan fingerprint density at radius 3 is 2.82 bits per heavy atom. The Morgan fingerprint density at radius 1 is 1.73 bits per heavy atom. The Labute approximate surface area is 69.6 Å². The number of carbonyl (C=O) groups is 1. The molecular formula is C5H3BrN2O3. The molecule has 1 aromatic rings. The Morgan fingerprint density at radius 2 is 2.36 bits per heavy atom. The van der Waals surface area contributed by atoms with Crippen molar-refractivity contribution in [1.29, 1.82) is 0 Å². The van der Waals surface area contributed by atoms with Crippen LogP contribution in [0.2, 0.25) is 0 Å². The van der Waals surface area contributed by atoms with E-state index in [4.69, 9.17) is 5.11 Å². The number of hydrogen-bond donors (Lipinski definition) is 1. The van der Waals surface area contributed by atoms with E-state index in [2.05, 4.69) is 21.1 Å². The van der Waals surface area contributed by atoms with E-state index in [0.29, 0.717) is 0 Å². The molecule has 0 unspecified atom stereocenters. The highest BCUT2D eigenvalue weighted by atomic mass is 79.9. The summed E-state index contributed by atoms with van der Waals surface area (Å²) >= 11 is 2.74. The van der Waals surface area contributed by atoms with Crippen molar-refractivity contribution in [2.45, 2.75) is 0 Å². The molecule has 0 aliphatic carbocycles. The molecule has 0 saturated carbocycles. The number of nitrogens with zero attached hydrogens (tertiary/aromatic N) is 2. The minimum Gasteiger partial charge on any atom is -0.475 e. The van der Waals surface area contributed by atoms with Crippen LogP contribution in [-0.2, 0) is 0 Å². The van der Waals surface area contributed by atoms with Gasteiger partial charge in [0, 0.05) is 12.3 Å². The van der Waals surface area contributed by atoms with Gasteiger partial charge in [0.2, 0.25) is 5.82 Å². The van der Waals surface area contributed by atoms with Crippen LogP contribution >= 0.6 is 16.1 Å². The first-order chi connectivity index (χ1) is 5.13. The lowest BCUT2D eigenvalue weighted by molar-refractivity contribution is 0.0682. The number of carboxylic acid groups (broad SMARTS) is 1. The lowest BCUT2D eigenvalue weighted by Gasteiger charge is -1.96. The van der Waals surface area contributed by atoms with Crippen molar-refractivity contribution in [3.05, 3.63) is 28.4 Å². The van der Waals surface area contributed by atoms with E-state index < -0.39 is 11.5 Å². The van der Waals surface area contributed by atoms with Crippen molar-refractivity contribution < 1.29 is 9.90 Å². The number of aromatic carboxylic acids is 1. The zero-order chi connectivity index (χ0) is 8.43. The molecule has 0 radical (unpaired) electrons. The second-order valence-electron chi connectivity index (χ2n) is 1.69. The van der Waals surface area contributed by atoms with Gasteiger partial charge in [-0.1, -0.05) is 0 Å². The lowest BCUT2D eigenvalue weighted by atomic mass is 10.5. The molecule has 1 rings (SSSR count). The highest BCUT2D eigenvalue weighted by Gasteiger charge is 2.09. The molecule has 0 fully saturated rings. The van der Waals surface area contributed by atoms with Crippen LogP contribution in [-0.4, -0.2) is 19.7 Å². The molecule has 1 heterocycles. The van der Waals surface area contributed by atoms with E-state index in [1.165, 1.54) is 0 Å². The molecule has 6 heteroatoms. The van der Waals surface area contributed by atoms with E-state index in [1.807, 2.05) is 0 Å². The molecular weight excluding hydrogens is 216 g/mol. The highest BCUT2D eigenvalue weighted by Crippen LogP contribution is 1.94. The van der Waals surface area contributed by atoms with Crippen molar-refractivity contribution in [3.8, 4) is 0 Å². The molecule has 0 spiro atoms. The summed E-state index contributed by atoms with van der Waals surface area (Å²) < 4.78 is 0.787. The molecule has 0 amide bonds. The van der Waals surface area contributed by atoms with Crippen LogP contribution in [0, 0.1) is 0 Å². The molecule has 11 heavy (non-hydrogen) atoms. The number of carboxylic acids is 1. The molecule has 5 nitrogen and oxygen atoms in total. The Bertz CT molecular complexity index is 346. The number of halogens is 1. The molecule has 1 N–H and O–H groups in total. The van der Waals surface area contributed by atoms with Crippen LogP contribution in [0.5, 0.6) is 0 Å². The normalized spacial score (nSPS) is 9.55. The smallest absolute Gasteiger partial charge is 0.373 e. The minimum atomic E-state index is -1.25. The van der Waals surface area contributed by atoms with Crippen LogP contribution in [0.3, 0.4) is 0 Å². The summed E-state index contributed by atoms with van der Waals surface area (Å²) in [6.07, 6.45) is 1.14. The van der Waals surface area contributed by atoms with E-state index in [-0.39, 0.29) is 5.82 Å². The first kappa shape index (κ1) is 7.93. The molecule has 58 valence electrons. The average molecular weight is 219 g/mol. The predicted molar refractivity (Wildman–Crippen MR) is 39.8 cm³/mol. The van der Waals surface area contributed by atoms with E-state index >= 15 is 0 Å². The molecule has 0 atom stereocenters. The lowest BCUT2D eigenvalue weighted by Crippen LogP contribution is -2.19.